The van der Waals surface area contributed by atoms with Gasteiger partial charge in [0.1, 0.15) is 17.3 Å². The van der Waals surface area contributed by atoms with Crippen LogP contribution in [0.25, 0.3) is 0 Å². The molecule has 0 fully saturated rings. The predicted molar refractivity (Wildman–Crippen MR) is 100 cm³/mol. The Morgan fingerprint density at radius 2 is 1.67 bits per heavy atom. The summed E-state index contributed by atoms with van der Waals surface area (Å²) in [5.41, 5.74) is 0.731. The van der Waals surface area contributed by atoms with E-state index in [0.717, 1.165) is 11.0 Å². The number of benzene rings is 2. The number of anilines is 1. The molecule has 0 aliphatic carbocycles. The van der Waals surface area contributed by atoms with E-state index < -0.39 is 11.8 Å². The molecular formula is C19H19N3O5. The fourth-order valence-electron chi connectivity index (χ4n) is 2.56. The Morgan fingerprint density at radius 3 is 2.15 bits per heavy atom. The summed E-state index contributed by atoms with van der Waals surface area (Å²) in [6, 6.07) is 7.82. The first-order chi connectivity index (χ1) is 12.7. The fourth-order valence-corrected chi connectivity index (χ4v) is 2.56. The maximum atomic E-state index is 11.2. The van der Waals surface area contributed by atoms with Crippen LogP contribution in [0.4, 0.5) is 5.69 Å². The van der Waals surface area contributed by atoms with Crippen LogP contribution in [0.1, 0.15) is 41.3 Å². The molecule has 0 aromatic heterocycles. The number of aromatic hydroxyl groups is 2. The molecule has 0 amide bonds. The van der Waals surface area contributed by atoms with Gasteiger partial charge in [0.15, 0.2) is 12.1 Å². The highest BCUT2D eigenvalue weighted by Crippen LogP contribution is 2.33. The van der Waals surface area contributed by atoms with Gasteiger partial charge in [0.05, 0.1) is 11.1 Å². The number of nitrogens with zero attached hydrogens (tertiary/aromatic N) is 1. The van der Waals surface area contributed by atoms with Crippen molar-refractivity contribution in [3.63, 3.8) is 0 Å². The molecule has 8 heteroatoms. The van der Waals surface area contributed by atoms with Crippen molar-refractivity contribution in [3.8, 4) is 11.5 Å². The van der Waals surface area contributed by atoms with E-state index in [1.54, 1.807) is 0 Å². The van der Waals surface area contributed by atoms with Gasteiger partial charge < -0.3 is 15.3 Å². The summed E-state index contributed by atoms with van der Waals surface area (Å²) >= 11 is 0. The number of carboxylic acids is 1. The second-order valence-electron chi connectivity index (χ2n) is 6.12. The molecule has 0 saturated heterocycles. The van der Waals surface area contributed by atoms with Crippen LogP contribution < -0.4 is 4.90 Å². The predicted octanol–water partition coefficient (Wildman–Crippen LogP) is 2.93. The Labute approximate surface area is 155 Å². The summed E-state index contributed by atoms with van der Waals surface area (Å²) < 4.78 is 0. The molecule has 2 rings (SSSR count). The SMILES string of the molecule is CC(C)c1cc(C(=N)N(C(=N)C=O)c2ccc(C(=O)O)cc2)c(O)cc1O. The number of hydrogen-bond acceptors (Lipinski definition) is 6. The molecule has 0 spiro atoms. The number of carbonyl (C=O) groups is 2. The lowest BCUT2D eigenvalue weighted by molar-refractivity contribution is -0.102. The Hall–Kier alpha value is -3.68. The first-order valence-corrected chi connectivity index (χ1v) is 7.99. The van der Waals surface area contributed by atoms with E-state index in [0.29, 0.717) is 5.56 Å². The second kappa shape index (κ2) is 7.69. The van der Waals surface area contributed by atoms with E-state index in [1.165, 1.54) is 30.3 Å². The number of nitrogens with one attached hydrogen (secondary N) is 2. The smallest absolute Gasteiger partial charge is 0.335 e. The van der Waals surface area contributed by atoms with Crippen molar-refractivity contribution >= 4 is 29.6 Å². The van der Waals surface area contributed by atoms with E-state index in [9.17, 15) is 19.8 Å². The lowest BCUT2D eigenvalue weighted by Gasteiger charge is -2.24. The van der Waals surface area contributed by atoms with E-state index in [4.69, 9.17) is 15.9 Å². The van der Waals surface area contributed by atoms with E-state index in [-0.39, 0.29) is 46.4 Å². The third kappa shape index (κ3) is 3.95. The summed E-state index contributed by atoms with van der Waals surface area (Å²) in [5, 5.41) is 45.4. The molecule has 5 N–H and O–H groups in total. The number of hydrogen-bond donors (Lipinski definition) is 5. The maximum Gasteiger partial charge on any atom is 0.335 e. The topological polar surface area (TPSA) is 146 Å². The van der Waals surface area contributed by atoms with Gasteiger partial charge in [-0.1, -0.05) is 13.8 Å². The Balaban J connectivity index is 2.56. The number of phenolic OH excluding ortho intramolecular Hbond substituents is 2. The summed E-state index contributed by atoms with van der Waals surface area (Å²) in [6.07, 6.45) is 0.237. The average molecular weight is 369 g/mol. The van der Waals surface area contributed by atoms with Gasteiger partial charge in [0, 0.05) is 11.8 Å². The zero-order valence-electron chi connectivity index (χ0n) is 14.7. The van der Waals surface area contributed by atoms with Crippen LogP contribution in [0.3, 0.4) is 0 Å². The zero-order chi connectivity index (χ0) is 20.3. The van der Waals surface area contributed by atoms with Gasteiger partial charge in [-0.05, 0) is 41.8 Å². The minimum absolute atomic E-state index is 0.0115. The van der Waals surface area contributed by atoms with Gasteiger partial charge in [0.2, 0.25) is 0 Å². The highest BCUT2D eigenvalue weighted by Gasteiger charge is 2.23. The molecule has 2 aromatic carbocycles. The molecule has 0 aliphatic heterocycles. The molecule has 0 unspecified atom stereocenters. The molecule has 2 aromatic rings. The van der Waals surface area contributed by atoms with Crippen molar-refractivity contribution in [2.45, 2.75) is 19.8 Å². The minimum atomic E-state index is -1.13. The van der Waals surface area contributed by atoms with Crippen LogP contribution in [0.2, 0.25) is 0 Å². The van der Waals surface area contributed by atoms with Gasteiger partial charge in [-0.25, -0.2) is 4.79 Å². The van der Waals surface area contributed by atoms with Gasteiger partial charge >= 0.3 is 5.97 Å². The number of carboxylic acid groups (broad SMARTS) is 1. The summed E-state index contributed by atoms with van der Waals surface area (Å²) in [7, 11) is 0. The minimum Gasteiger partial charge on any atom is -0.508 e. The highest BCUT2D eigenvalue weighted by molar-refractivity contribution is 6.41. The first kappa shape index (κ1) is 19.6. The molecule has 0 atom stereocenters. The standard InChI is InChI=1S/C19H19N3O5/c1-10(2)13-7-14(16(25)8-15(13)24)18(21)22(17(20)9-23)12-5-3-11(4-6-12)19(26)27/h3-10,20-21,24-25H,1-2H3,(H,26,27). The van der Waals surface area contributed by atoms with E-state index in [1.807, 2.05) is 13.8 Å². The van der Waals surface area contributed by atoms with E-state index >= 15 is 0 Å². The number of rotatable bonds is 5. The molecule has 0 heterocycles. The lowest BCUT2D eigenvalue weighted by atomic mass is 9.98. The summed E-state index contributed by atoms with van der Waals surface area (Å²) in [5.74, 6) is -2.66. The Kier molecular flexibility index (Phi) is 5.60. The molecule has 0 radical (unpaired) electrons. The number of aldehydes is 1. The van der Waals surface area contributed by atoms with Crippen molar-refractivity contribution in [1.29, 1.82) is 10.8 Å². The van der Waals surface area contributed by atoms with Crippen LogP contribution >= 0.6 is 0 Å². The van der Waals surface area contributed by atoms with Crippen molar-refractivity contribution in [3.05, 3.63) is 53.1 Å². The summed E-state index contributed by atoms with van der Waals surface area (Å²) in [4.78, 5) is 23.1. The van der Waals surface area contributed by atoms with Crippen molar-refractivity contribution < 1.29 is 24.9 Å². The normalized spacial score (nSPS) is 10.5. The number of carbonyl (C=O) groups excluding carboxylic acids is 1. The van der Waals surface area contributed by atoms with Crippen LogP contribution in [0, 0.1) is 10.8 Å². The van der Waals surface area contributed by atoms with Crippen molar-refractivity contribution in [2.24, 2.45) is 0 Å². The molecule has 8 nitrogen and oxygen atoms in total. The van der Waals surface area contributed by atoms with Crippen LogP contribution in [-0.2, 0) is 4.79 Å². The maximum absolute atomic E-state index is 11.2. The van der Waals surface area contributed by atoms with Crippen LogP contribution in [-0.4, -0.2) is 39.2 Å². The van der Waals surface area contributed by atoms with Crippen LogP contribution in [0.5, 0.6) is 11.5 Å². The van der Waals surface area contributed by atoms with Crippen molar-refractivity contribution in [2.75, 3.05) is 4.90 Å². The number of phenols is 2. The quantitative estimate of drug-likeness (QED) is 0.311. The molecule has 27 heavy (non-hydrogen) atoms. The third-order valence-corrected chi connectivity index (χ3v) is 3.97. The second-order valence-corrected chi connectivity index (χ2v) is 6.12. The van der Waals surface area contributed by atoms with Gasteiger partial charge in [0.25, 0.3) is 0 Å². The van der Waals surface area contributed by atoms with Crippen LogP contribution in [0.15, 0.2) is 36.4 Å². The molecule has 0 saturated carbocycles. The van der Waals surface area contributed by atoms with Gasteiger partial charge in [-0.3, -0.25) is 20.5 Å². The zero-order valence-corrected chi connectivity index (χ0v) is 14.7. The average Bonchev–Trinajstić information content (AvgIpc) is 2.61. The molecular weight excluding hydrogens is 350 g/mol. The Bertz CT molecular complexity index is 920. The Morgan fingerprint density at radius 1 is 1.07 bits per heavy atom. The largest absolute Gasteiger partial charge is 0.508 e. The lowest BCUT2D eigenvalue weighted by Crippen LogP contribution is -2.37. The number of amidine groups is 2. The van der Waals surface area contributed by atoms with Gasteiger partial charge in [-0.15, -0.1) is 0 Å². The first-order valence-electron chi connectivity index (χ1n) is 7.99. The van der Waals surface area contributed by atoms with Crippen molar-refractivity contribution in [1.82, 2.24) is 0 Å². The van der Waals surface area contributed by atoms with E-state index in [2.05, 4.69) is 0 Å². The monoisotopic (exact) mass is 369 g/mol. The number of aromatic carboxylic acids is 1. The third-order valence-electron chi connectivity index (χ3n) is 3.97. The van der Waals surface area contributed by atoms with Gasteiger partial charge in [-0.2, -0.15) is 0 Å². The summed E-state index contributed by atoms with van der Waals surface area (Å²) in [6.45, 7) is 3.66. The molecule has 0 aliphatic rings. The molecule has 140 valence electrons. The molecule has 0 bridgehead atoms. The highest BCUT2D eigenvalue weighted by atomic mass is 16.4. The fraction of sp³-hybridized carbons (Fsp3) is 0.158.